The first kappa shape index (κ1) is 11.7. The summed E-state index contributed by atoms with van der Waals surface area (Å²) in [6.45, 7) is 0.312. The minimum atomic E-state index is -4.07. The first-order chi connectivity index (χ1) is 5.49. The van der Waals surface area contributed by atoms with E-state index in [4.69, 9.17) is 4.74 Å². The second kappa shape index (κ2) is 5.37. The maximum absolute atomic E-state index is 11.7. The van der Waals surface area contributed by atoms with Crippen molar-refractivity contribution >= 4 is 0 Å². The second-order valence-corrected chi connectivity index (χ2v) is 2.59. The van der Waals surface area contributed by atoms with Crippen LogP contribution in [0.1, 0.15) is 12.8 Å². The molecular weight excluding hydrogens is 171 g/mol. The van der Waals surface area contributed by atoms with Gasteiger partial charge in [0.2, 0.25) is 0 Å². The molecule has 0 aliphatic carbocycles. The smallest absolute Gasteiger partial charge is 0.383 e. The Morgan fingerprint density at radius 1 is 1.42 bits per heavy atom. The summed E-state index contributed by atoms with van der Waals surface area (Å²) in [5.41, 5.74) is 0. The van der Waals surface area contributed by atoms with Crippen molar-refractivity contribution in [1.82, 2.24) is 5.32 Å². The van der Waals surface area contributed by atoms with E-state index in [1.54, 1.807) is 7.05 Å². The van der Waals surface area contributed by atoms with Crippen molar-refractivity contribution in [2.45, 2.75) is 25.1 Å². The van der Waals surface area contributed by atoms with Gasteiger partial charge in [-0.2, -0.15) is 13.2 Å². The minimum absolute atomic E-state index is 0.0633. The number of nitrogens with one attached hydrogen (secondary N) is 1. The summed E-state index contributed by atoms with van der Waals surface area (Å²) in [4.78, 5) is 0. The van der Waals surface area contributed by atoms with Gasteiger partial charge in [-0.25, -0.2) is 0 Å². The lowest BCUT2D eigenvalue weighted by Crippen LogP contribution is -2.31. The summed E-state index contributed by atoms with van der Waals surface area (Å²) in [5, 5.41) is 2.75. The highest BCUT2D eigenvalue weighted by Gasteiger charge is 2.27. The number of methoxy groups -OCH3 is 1. The zero-order valence-electron chi connectivity index (χ0n) is 7.24. The van der Waals surface area contributed by atoms with Gasteiger partial charge in [-0.05, 0) is 13.5 Å². The van der Waals surface area contributed by atoms with Crippen LogP contribution in [-0.4, -0.2) is 33.0 Å². The Hall–Kier alpha value is -0.290. The number of hydrogen-bond donors (Lipinski definition) is 1. The average Bonchev–Trinajstić information content (AvgIpc) is 1.96. The molecule has 0 aromatic rings. The highest BCUT2D eigenvalue weighted by atomic mass is 19.4. The van der Waals surface area contributed by atoms with Crippen LogP contribution in [-0.2, 0) is 4.74 Å². The van der Waals surface area contributed by atoms with Crippen LogP contribution in [0.3, 0.4) is 0 Å². The Bertz CT molecular complexity index is 116. The third-order valence-electron chi connectivity index (χ3n) is 1.55. The molecule has 5 heteroatoms. The molecule has 0 heterocycles. The van der Waals surface area contributed by atoms with E-state index < -0.39 is 12.6 Å². The van der Waals surface area contributed by atoms with Crippen molar-refractivity contribution in [1.29, 1.82) is 0 Å². The molecule has 0 aliphatic heterocycles. The van der Waals surface area contributed by atoms with Gasteiger partial charge < -0.3 is 10.1 Å². The van der Waals surface area contributed by atoms with E-state index in [9.17, 15) is 13.2 Å². The summed E-state index contributed by atoms with van der Waals surface area (Å²) < 4.78 is 39.9. The van der Waals surface area contributed by atoms with E-state index >= 15 is 0 Å². The molecule has 0 aromatic heterocycles. The standard InChI is InChI=1S/C7H14F3NO/c1-11-6(5-12-2)3-4-7(8,9)10/h6,11H,3-5H2,1-2H3. The first-order valence-electron chi connectivity index (χ1n) is 3.72. The van der Waals surface area contributed by atoms with Crippen molar-refractivity contribution < 1.29 is 17.9 Å². The van der Waals surface area contributed by atoms with Crippen molar-refractivity contribution in [2.24, 2.45) is 0 Å². The molecule has 12 heavy (non-hydrogen) atoms. The van der Waals surface area contributed by atoms with Crippen molar-refractivity contribution in [2.75, 3.05) is 20.8 Å². The predicted molar refractivity (Wildman–Crippen MR) is 40.0 cm³/mol. The van der Waals surface area contributed by atoms with Crippen LogP contribution < -0.4 is 5.32 Å². The third kappa shape index (κ3) is 6.42. The van der Waals surface area contributed by atoms with Crippen LogP contribution in [0, 0.1) is 0 Å². The maximum Gasteiger partial charge on any atom is 0.389 e. The van der Waals surface area contributed by atoms with Gasteiger partial charge in [-0.3, -0.25) is 0 Å². The fourth-order valence-electron chi connectivity index (χ4n) is 0.850. The quantitative estimate of drug-likeness (QED) is 0.701. The highest BCUT2D eigenvalue weighted by Crippen LogP contribution is 2.22. The van der Waals surface area contributed by atoms with Crippen LogP contribution in [0.5, 0.6) is 0 Å². The fourth-order valence-corrected chi connectivity index (χ4v) is 0.850. The Balaban J connectivity index is 3.58. The number of rotatable bonds is 5. The van der Waals surface area contributed by atoms with Gasteiger partial charge in [0.1, 0.15) is 0 Å². The molecule has 0 radical (unpaired) electrons. The molecule has 0 aliphatic rings. The van der Waals surface area contributed by atoms with Gasteiger partial charge in [0.25, 0.3) is 0 Å². The van der Waals surface area contributed by atoms with Gasteiger partial charge in [0, 0.05) is 19.6 Å². The zero-order chi connectivity index (χ0) is 9.61. The number of ether oxygens (including phenoxy) is 1. The maximum atomic E-state index is 11.7. The van der Waals surface area contributed by atoms with E-state index in [2.05, 4.69) is 5.32 Å². The van der Waals surface area contributed by atoms with Gasteiger partial charge in [0.05, 0.1) is 6.61 Å². The van der Waals surface area contributed by atoms with Gasteiger partial charge in [-0.1, -0.05) is 0 Å². The molecule has 1 N–H and O–H groups in total. The van der Waals surface area contributed by atoms with Crippen LogP contribution in [0.4, 0.5) is 13.2 Å². The monoisotopic (exact) mass is 185 g/mol. The van der Waals surface area contributed by atoms with Gasteiger partial charge in [0.15, 0.2) is 0 Å². The highest BCUT2D eigenvalue weighted by molar-refractivity contribution is 4.65. The molecular formula is C7H14F3NO. The summed E-state index contributed by atoms with van der Waals surface area (Å²) in [6.07, 6.45) is -4.77. The molecule has 0 rings (SSSR count). The summed E-state index contributed by atoms with van der Waals surface area (Å²) in [6, 6.07) is -0.211. The SMILES string of the molecule is CNC(CCC(F)(F)F)COC. The second-order valence-electron chi connectivity index (χ2n) is 2.59. The summed E-state index contributed by atoms with van der Waals surface area (Å²) >= 11 is 0. The largest absolute Gasteiger partial charge is 0.389 e. The van der Waals surface area contributed by atoms with Gasteiger partial charge in [-0.15, -0.1) is 0 Å². The molecule has 0 fully saturated rings. The van der Waals surface area contributed by atoms with Crippen LogP contribution >= 0.6 is 0 Å². The molecule has 0 saturated heterocycles. The Kier molecular flexibility index (Phi) is 5.24. The van der Waals surface area contributed by atoms with E-state index in [0.717, 1.165) is 0 Å². The van der Waals surface area contributed by atoms with Crippen molar-refractivity contribution in [3.63, 3.8) is 0 Å². The lowest BCUT2D eigenvalue weighted by Gasteiger charge is -2.15. The third-order valence-corrected chi connectivity index (χ3v) is 1.55. The topological polar surface area (TPSA) is 21.3 Å². The first-order valence-corrected chi connectivity index (χ1v) is 3.72. The Morgan fingerprint density at radius 3 is 2.33 bits per heavy atom. The normalized spacial score (nSPS) is 14.8. The molecule has 0 spiro atoms. The average molecular weight is 185 g/mol. The van der Waals surface area contributed by atoms with E-state index in [0.29, 0.717) is 6.61 Å². The Labute approximate surface area is 70.1 Å². The van der Waals surface area contributed by atoms with Crippen LogP contribution in [0.2, 0.25) is 0 Å². The number of likely N-dealkylation sites (N-methyl/N-ethyl adjacent to an activating group) is 1. The number of halogens is 3. The molecule has 1 unspecified atom stereocenters. The van der Waals surface area contributed by atoms with Crippen molar-refractivity contribution in [3.8, 4) is 0 Å². The van der Waals surface area contributed by atoms with Crippen molar-refractivity contribution in [3.05, 3.63) is 0 Å². The van der Waals surface area contributed by atoms with Crippen LogP contribution in [0.15, 0.2) is 0 Å². The zero-order valence-corrected chi connectivity index (χ0v) is 7.24. The number of alkyl halides is 3. The molecule has 1 atom stereocenters. The molecule has 2 nitrogen and oxygen atoms in total. The van der Waals surface area contributed by atoms with Crippen LogP contribution in [0.25, 0.3) is 0 Å². The molecule has 0 aromatic carbocycles. The Morgan fingerprint density at radius 2 is 2.00 bits per heavy atom. The van der Waals surface area contributed by atoms with E-state index in [1.807, 2.05) is 0 Å². The molecule has 0 saturated carbocycles. The molecule has 74 valence electrons. The lowest BCUT2D eigenvalue weighted by molar-refractivity contribution is -0.137. The fraction of sp³-hybridized carbons (Fsp3) is 1.00. The van der Waals surface area contributed by atoms with Gasteiger partial charge >= 0.3 is 6.18 Å². The lowest BCUT2D eigenvalue weighted by atomic mass is 10.1. The summed E-state index contributed by atoms with van der Waals surface area (Å²) in [7, 11) is 3.10. The predicted octanol–water partition coefficient (Wildman–Crippen LogP) is 1.56. The van der Waals surface area contributed by atoms with E-state index in [1.165, 1.54) is 7.11 Å². The number of hydrogen-bond acceptors (Lipinski definition) is 2. The minimum Gasteiger partial charge on any atom is -0.383 e. The molecule has 0 amide bonds. The van der Waals surface area contributed by atoms with E-state index in [-0.39, 0.29) is 12.5 Å². The molecule has 0 bridgehead atoms. The summed E-state index contributed by atoms with van der Waals surface area (Å²) in [5.74, 6) is 0.